The molecular weight excluding hydrogens is 304 g/mol. The zero-order valence-electron chi connectivity index (χ0n) is 11.7. The van der Waals surface area contributed by atoms with E-state index in [0.29, 0.717) is 6.17 Å². The summed E-state index contributed by atoms with van der Waals surface area (Å²) >= 11 is 7.67. The van der Waals surface area contributed by atoms with Crippen LogP contribution in [0.1, 0.15) is 19.0 Å². The fourth-order valence-corrected chi connectivity index (χ4v) is 4.07. The van der Waals surface area contributed by atoms with E-state index in [-0.39, 0.29) is 0 Å². The Morgan fingerprint density at radius 2 is 2.24 bits per heavy atom. The molecule has 0 N–H and O–H groups in total. The van der Waals surface area contributed by atoms with Crippen molar-refractivity contribution in [2.45, 2.75) is 19.0 Å². The largest absolute Gasteiger partial charge is 0.291 e. The molecule has 1 aliphatic rings. The number of aromatic nitrogens is 3. The van der Waals surface area contributed by atoms with Gasteiger partial charge in [-0.3, -0.25) is 9.47 Å². The van der Waals surface area contributed by atoms with Crippen molar-refractivity contribution >= 4 is 34.1 Å². The van der Waals surface area contributed by atoms with Crippen molar-refractivity contribution in [1.82, 2.24) is 19.4 Å². The molecule has 1 aliphatic heterocycles. The molecule has 1 atom stereocenters. The van der Waals surface area contributed by atoms with Crippen LogP contribution in [0.25, 0.3) is 21.9 Å². The Balaban J connectivity index is 1.97. The molecule has 21 heavy (non-hydrogen) atoms. The third-order valence-electron chi connectivity index (χ3n) is 4.02. The van der Waals surface area contributed by atoms with E-state index in [1.807, 2.05) is 30.5 Å². The van der Waals surface area contributed by atoms with E-state index in [1.54, 1.807) is 11.3 Å². The van der Waals surface area contributed by atoms with Crippen LogP contribution in [0.15, 0.2) is 30.5 Å². The van der Waals surface area contributed by atoms with Crippen molar-refractivity contribution in [3.8, 4) is 10.7 Å². The molecule has 3 aromatic rings. The van der Waals surface area contributed by atoms with E-state index in [4.69, 9.17) is 16.6 Å². The highest BCUT2D eigenvalue weighted by molar-refractivity contribution is 7.19. The Bertz CT molecular complexity index is 794. The molecule has 0 bridgehead atoms. The third-order valence-corrected chi connectivity index (χ3v) is 5.25. The van der Waals surface area contributed by atoms with Crippen molar-refractivity contribution in [3.63, 3.8) is 0 Å². The van der Waals surface area contributed by atoms with E-state index in [1.165, 1.54) is 6.42 Å². The Morgan fingerprint density at radius 3 is 2.95 bits per heavy atom. The van der Waals surface area contributed by atoms with Crippen LogP contribution in [0.5, 0.6) is 0 Å². The summed E-state index contributed by atoms with van der Waals surface area (Å²) in [4.78, 5) is 12.8. The number of rotatable bonds is 2. The summed E-state index contributed by atoms with van der Waals surface area (Å²) in [6.07, 6.45) is 4.49. The van der Waals surface area contributed by atoms with Gasteiger partial charge in [0.05, 0.1) is 15.4 Å². The van der Waals surface area contributed by atoms with Crippen LogP contribution in [-0.2, 0) is 0 Å². The number of halogens is 1. The number of hydrogen-bond donors (Lipinski definition) is 0. The lowest BCUT2D eigenvalue weighted by Crippen LogP contribution is -2.23. The van der Waals surface area contributed by atoms with Gasteiger partial charge in [0.1, 0.15) is 5.52 Å². The van der Waals surface area contributed by atoms with Gasteiger partial charge in [-0.2, -0.15) is 0 Å². The maximum Gasteiger partial charge on any atom is 0.161 e. The van der Waals surface area contributed by atoms with Gasteiger partial charge >= 0.3 is 0 Å². The van der Waals surface area contributed by atoms with E-state index >= 15 is 0 Å². The first-order valence-electron chi connectivity index (χ1n) is 7.03. The van der Waals surface area contributed by atoms with Crippen LogP contribution in [0.2, 0.25) is 4.34 Å². The van der Waals surface area contributed by atoms with Crippen LogP contribution in [0.4, 0.5) is 0 Å². The van der Waals surface area contributed by atoms with Crippen molar-refractivity contribution in [2.75, 3.05) is 13.6 Å². The van der Waals surface area contributed by atoms with Crippen LogP contribution < -0.4 is 0 Å². The molecule has 4 nitrogen and oxygen atoms in total. The molecule has 3 aromatic heterocycles. The number of pyridine rings is 1. The molecule has 0 saturated carbocycles. The van der Waals surface area contributed by atoms with Crippen LogP contribution >= 0.6 is 22.9 Å². The van der Waals surface area contributed by atoms with Gasteiger partial charge in [0.15, 0.2) is 11.5 Å². The highest BCUT2D eigenvalue weighted by Gasteiger charge is 2.28. The highest BCUT2D eigenvalue weighted by atomic mass is 35.5. The summed E-state index contributed by atoms with van der Waals surface area (Å²) in [5.41, 5.74) is 1.90. The summed E-state index contributed by atoms with van der Waals surface area (Å²) in [7, 11) is 2.16. The first kappa shape index (κ1) is 13.2. The fourth-order valence-electron chi connectivity index (χ4n) is 3.04. The number of imidazole rings is 1. The molecule has 1 unspecified atom stereocenters. The lowest BCUT2D eigenvalue weighted by Gasteiger charge is -2.23. The number of fused-ring (bicyclic) bond motifs is 1. The van der Waals surface area contributed by atoms with Gasteiger partial charge in [0.2, 0.25) is 0 Å². The molecule has 6 heteroatoms. The molecule has 108 valence electrons. The monoisotopic (exact) mass is 318 g/mol. The second-order valence-electron chi connectivity index (χ2n) is 5.36. The van der Waals surface area contributed by atoms with Crippen LogP contribution in [-0.4, -0.2) is 33.0 Å². The second kappa shape index (κ2) is 5.09. The van der Waals surface area contributed by atoms with Crippen LogP contribution in [0, 0.1) is 0 Å². The SMILES string of the molecule is CN1CCCC1n1c(-c2ccc(Cl)s2)nc2cccnc21. The summed E-state index contributed by atoms with van der Waals surface area (Å²) in [5, 5.41) is 0. The van der Waals surface area contributed by atoms with Crippen molar-refractivity contribution in [1.29, 1.82) is 0 Å². The molecule has 4 rings (SSSR count). The first-order chi connectivity index (χ1) is 10.2. The zero-order valence-corrected chi connectivity index (χ0v) is 13.2. The van der Waals surface area contributed by atoms with Crippen molar-refractivity contribution in [2.24, 2.45) is 0 Å². The number of nitrogens with zero attached hydrogens (tertiary/aromatic N) is 4. The average molecular weight is 319 g/mol. The summed E-state index contributed by atoms with van der Waals surface area (Å²) in [5.74, 6) is 0.972. The van der Waals surface area contributed by atoms with Gasteiger partial charge < -0.3 is 0 Å². The molecule has 0 aliphatic carbocycles. The van der Waals surface area contributed by atoms with Gasteiger partial charge in [0, 0.05) is 6.20 Å². The molecule has 1 fully saturated rings. The highest BCUT2D eigenvalue weighted by Crippen LogP contribution is 2.37. The third kappa shape index (κ3) is 2.16. The zero-order chi connectivity index (χ0) is 14.4. The Morgan fingerprint density at radius 1 is 1.33 bits per heavy atom. The normalized spacial score (nSPS) is 19.6. The lowest BCUT2D eigenvalue weighted by atomic mass is 10.3. The van der Waals surface area contributed by atoms with Crippen LogP contribution in [0.3, 0.4) is 0 Å². The van der Waals surface area contributed by atoms with E-state index in [2.05, 4.69) is 21.5 Å². The molecule has 4 heterocycles. The van der Waals surface area contributed by atoms with E-state index < -0.39 is 0 Å². The molecular formula is C15H15ClN4S. The smallest absolute Gasteiger partial charge is 0.161 e. The Labute approximate surface area is 132 Å². The van der Waals surface area contributed by atoms with Crippen molar-refractivity contribution < 1.29 is 0 Å². The number of hydrogen-bond acceptors (Lipinski definition) is 4. The average Bonchev–Trinajstić information content (AvgIpc) is 3.16. The minimum Gasteiger partial charge on any atom is -0.291 e. The number of likely N-dealkylation sites (tertiary alicyclic amines) is 1. The minimum atomic E-state index is 0.320. The predicted octanol–water partition coefficient (Wildman–Crippen LogP) is 4.04. The Kier molecular flexibility index (Phi) is 3.21. The maximum absolute atomic E-state index is 6.11. The van der Waals surface area contributed by atoms with Gasteiger partial charge in [-0.1, -0.05) is 11.6 Å². The summed E-state index contributed by atoms with van der Waals surface area (Å²) < 4.78 is 3.06. The summed E-state index contributed by atoms with van der Waals surface area (Å²) in [6.45, 7) is 1.11. The molecule has 1 saturated heterocycles. The molecule has 0 aromatic carbocycles. The first-order valence-corrected chi connectivity index (χ1v) is 8.22. The van der Waals surface area contributed by atoms with Crippen molar-refractivity contribution in [3.05, 3.63) is 34.8 Å². The van der Waals surface area contributed by atoms with E-state index in [9.17, 15) is 0 Å². The fraction of sp³-hybridized carbons (Fsp3) is 0.333. The topological polar surface area (TPSA) is 34.0 Å². The summed E-state index contributed by atoms with van der Waals surface area (Å²) in [6, 6.07) is 7.92. The maximum atomic E-state index is 6.11. The van der Waals surface area contributed by atoms with Gasteiger partial charge in [-0.05, 0) is 50.7 Å². The Hall–Kier alpha value is -1.43. The second-order valence-corrected chi connectivity index (χ2v) is 7.07. The van der Waals surface area contributed by atoms with E-state index in [0.717, 1.165) is 39.2 Å². The van der Waals surface area contributed by atoms with Gasteiger partial charge in [-0.25, -0.2) is 9.97 Å². The quantitative estimate of drug-likeness (QED) is 0.715. The predicted molar refractivity (Wildman–Crippen MR) is 86.8 cm³/mol. The molecule has 0 amide bonds. The van der Waals surface area contributed by atoms with Gasteiger partial charge in [-0.15, -0.1) is 11.3 Å². The van der Waals surface area contributed by atoms with Gasteiger partial charge in [0.25, 0.3) is 0 Å². The minimum absolute atomic E-state index is 0.320. The molecule has 0 radical (unpaired) electrons. The standard InChI is InChI=1S/C15H15ClN4S/c1-19-9-3-5-13(19)20-14-10(4-2-8-17-14)18-15(20)11-6-7-12(16)21-11/h2,4,6-8,13H,3,5,9H2,1H3. The lowest BCUT2D eigenvalue weighted by molar-refractivity contribution is 0.244. The molecule has 0 spiro atoms. The number of thiophene rings is 1.